The van der Waals surface area contributed by atoms with Crippen LogP contribution in [0.1, 0.15) is 19.8 Å². The number of rotatable bonds is 5. The normalized spacial score (nSPS) is 16.5. The quantitative estimate of drug-likeness (QED) is 0.706. The highest BCUT2D eigenvalue weighted by Gasteiger charge is 2.23. The Balaban J connectivity index is 1.69. The number of benzene rings is 2. The van der Waals surface area contributed by atoms with Gasteiger partial charge in [0.2, 0.25) is 11.8 Å². The Kier molecular flexibility index (Phi) is 6.50. The number of hydrogen-bond donors (Lipinski definition) is 2. The molecule has 3 rings (SSSR count). The van der Waals surface area contributed by atoms with Gasteiger partial charge in [-0.05, 0) is 36.4 Å². The van der Waals surface area contributed by atoms with Crippen LogP contribution < -0.4 is 10.6 Å². The van der Waals surface area contributed by atoms with E-state index in [-0.39, 0.29) is 33.2 Å². The molecule has 0 unspecified atom stereocenters. The van der Waals surface area contributed by atoms with E-state index < -0.39 is 27.3 Å². The summed E-state index contributed by atoms with van der Waals surface area (Å²) in [6, 6.07) is 8.29. The molecule has 0 radical (unpaired) electrons. The summed E-state index contributed by atoms with van der Waals surface area (Å²) in [5.74, 6) is -1.98. The van der Waals surface area contributed by atoms with Gasteiger partial charge >= 0.3 is 0 Å². The van der Waals surface area contributed by atoms with Crippen LogP contribution >= 0.6 is 23.4 Å². The molecule has 2 amide bonds. The number of thioether (sulfide) groups is 1. The molecule has 0 bridgehead atoms. The van der Waals surface area contributed by atoms with Gasteiger partial charge in [-0.1, -0.05) is 18.5 Å². The first-order valence-electron chi connectivity index (χ1n) is 8.72. The number of nitrogens with one attached hydrogen (secondary N) is 2. The molecule has 2 N–H and O–H groups in total. The van der Waals surface area contributed by atoms with E-state index in [0.29, 0.717) is 12.1 Å². The van der Waals surface area contributed by atoms with Crippen molar-refractivity contribution in [3.05, 3.63) is 47.2 Å². The zero-order chi connectivity index (χ0) is 21.2. The van der Waals surface area contributed by atoms with Crippen LogP contribution in [0.3, 0.4) is 0 Å². The first-order chi connectivity index (χ1) is 13.6. The Morgan fingerprint density at radius 1 is 1.31 bits per heavy atom. The number of carbonyl (C=O) groups is 2. The predicted octanol–water partition coefficient (Wildman–Crippen LogP) is 4.10. The number of amides is 2. The molecule has 1 aliphatic rings. The van der Waals surface area contributed by atoms with Gasteiger partial charge in [-0.2, -0.15) is 0 Å². The molecule has 2 aromatic rings. The lowest BCUT2D eigenvalue weighted by atomic mass is 10.3. The third-order valence-corrected chi connectivity index (χ3v) is 7.32. The minimum atomic E-state index is -3.78. The standard InChI is InChI=1S/C19H18ClFN2O4S2/c1-11-8-19(25)23-16-10-13(3-5-17(16)28-11)29(26,27)7-6-18(24)22-15-4-2-12(20)9-14(15)21/h2-5,9-11H,6-8H2,1H3,(H,22,24)(H,23,25)/t11-/m0/s1. The molecule has 1 heterocycles. The van der Waals surface area contributed by atoms with Crippen molar-refractivity contribution < 1.29 is 22.4 Å². The monoisotopic (exact) mass is 456 g/mol. The smallest absolute Gasteiger partial charge is 0.225 e. The first kappa shape index (κ1) is 21.6. The van der Waals surface area contributed by atoms with Crippen LogP contribution in [0, 0.1) is 5.82 Å². The summed E-state index contributed by atoms with van der Waals surface area (Å²) in [5.41, 5.74) is 0.369. The first-order valence-corrected chi connectivity index (χ1v) is 11.6. The molecule has 154 valence electrons. The lowest BCUT2D eigenvalue weighted by Gasteiger charge is -2.11. The summed E-state index contributed by atoms with van der Waals surface area (Å²) < 4.78 is 39.0. The van der Waals surface area contributed by atoms with Crippen molar-refractivity contribution in [3.63, 3.8) is 0 Å². The Morgan fingerprint density at radius 3 is 2.79 bits per heavy atom. The number of halogens is 2. The molecule has 2 aromatic carbocycles. The van der Waals surface area contributed by atoms with Crippen LogP contribution in [0.25, 0.3) is 0 Å². The van der Waals surface area contributed by atoms with Crippen molar-refractivity contribution in [1.82, 2.24) is 0 Å². The summed E-state index contributed by atoms with van der Waals surface area (Å²) in [4.78, 5) is 24.7. The second-order valence-corrected chi connectivity index (χ2v) is 10.6. The second kappa shape index (κ2) is 8.73. The van der Waals surface area contributed by atoms with E-state index in [9.17, 15) is 22.4 Å². The van der Waals surface area contributed by atoms with Crippen molar-refractivity contribution >= 4 is 56.4 Å². The molecular formula is C19H18ClFN2O4S2. The second-order valence-electron chi connectivity index (χ2n) is 6.58. The fourth-order valence-corrected chi connectivity index (χ4v) is 5.25. The highest BCUT2D eigenvalue weighted by atomic mass is 35.5. The van der Waals surface area contributed by atoms with Crippen LogP contribution in [0.2, 0.25) is 5.02 Å². The van der Waals surface area contributed by atoms with Gasteiger partial charge in [0, 0.05) is 28.0 Å². The Labute approximate surface area is 177 Å². The maximum Gasteiger partial charge on any atom is 0.225 e. The van der Waals surface area contributed by atoms with E-state index >= 15 is 0 Å². The molecule has 0 fully saturated rings. The summed E-state index contributed by atoms with van der Waals surface area (Å²) in [6.45, 7) is 1.92. The summed E-state index contributed by atoms with van der Waals surface area (Å²) in [5, 5.41) is 5.32. The molecular weight excluding hydrogens is 439 g/mol. The third kappa shape index (κ3) is 5.49. The van der Waals surface area contributed by atoms with Gasteiger partial charge in [0.05, 0.1) is 22.0 Å². The lowest BCUT2D eigenvalue weighted by molar-refractivity contribution is -0.116. The largest absolute Gasteiger partial charge is 0.325 e. The molecule has 29 heavy (non-hydrogen) atoms. The average molecular weight is 457 g/mol. The van der Waals surface area contributed by atoms with E-state index in [1.165, 1.54) is 36.0 Å². The van der Waals surface area contributed by atoms with Crippen molar-refractivity contribution in [1.29, 1.82) is 0 Å². The summed E-state index contributed by atoms with van der Waals surface area (Å²) >= 11 is 7.15. The minimum Gasteiger partial charge on any atom is -0.325 e. The van der Waals surface area contributed by atoms with E-state index in [1.54, 1.807) is 6.07 Å². The fraction of sp³-hybridized carbons (Fsp3) is 0.263. The molecule has 1 aliphatic heterocycles. The molecule has 0 spiro atoms. The van der Waals surface area contributed by atoms with E-state index in [2.05, 4.69) is 10.6 Å². The van der Waals surface area contributed by atoms with Gasteiger partial charge in [-0.3, -0.25) is 9.59 Å². The van der Waals surface area contributed by atoms with Crippen LogP contribution in [-0.4, -0.2) is 31.2 Å². The number of fused-ring (bicyclic) bond motifs is 1. The fourth-order valence-electron chi connectivity index (χ4n) is 2.77. The van der Waals surface area contributed by atoms with Crippen molar-refractivity contribution in [2.45, 2.75) is 34.8 Å². The molecule has 0 saturated carbocycles. The van der Waals surface area contributed by atoms with Crippen LogP contribution in [-0.2, 0) is 19.4 Å². The zero-order valence-electron chi connectivity index (χ0n) is 15.4. The average Bonchev–Trinajstić information content (AvgIpc) is 2.78. The van der Waals surface area contributed by atoms with Gasteiger partial charge in [-0.15, -0.1) is 11.8 Å². The maximum atomic E-state index is 13.7. The van der Waals surface area contributed by atoms with E-state index in [1.807, 2.05) is 6.92 Å². The number of hydrogen-bond acceptors (Lipinski definition) is 5. The topological polar surface area (TPSA) is 92.3 Å². The molecule has 1 atom stereocenters. The Hall–Kier alpha value is -2.10. The predicted molar refractivity (Wildman–Crippen MR) is 112 cm³/mol. The van der Waals surface area contributed by atoms with Crippen molar-refractivity contribution in [3.8, 4) is 0 Å². The van der Waals surface area contributed by atoms with Crippen LogP contribution in [0.5, 0.6) is 0 Å². The molecule has 6 nitrogen and oxygen atoms in total. The third-order valence-electron chi connectivity index (χ3n) is 4.19. The van der Waals surface area contributed by atoms with Gasteiger partial charge in [0.15, 0.2) is 9.84 Å². The summed E-state index contributed by atoms with van der Waals surface area (Å²) in [7, 11) is -3.78. The number of anilines is 2. The Morgan fingerprint density at radius 2 is 2.07 bits per heavy atom. The maximum absolute atomic E-state index is 13.7. The van der Waals surface area contributed by atoms with Gasteiger partial charge in [0.25, 0.3) is 0 Å². The van der Waals surface area contributed by atoms with Crippen LogP contribution in [0.4, 0.5) is 15.8 Å². The molecule has 0 saturated heterocycles. The molecule has 10 heteroatoms. The summed E-state index contributed by atoms with van der Waals surface area (Å²) in [6.07, 6.45) is -0.0114. The van der Waals surface area contributed by atoms with Crippen molar-refractivity contribution in [2.75, 3.05) is 16.4 Å². The number of carbonyl (C=O) groups excluding carboxylic acids is 2. The molecule has 0 aromatic heterocycles. The van der Waals surface area contributed by atoms with Crippen LogP contribution in [0.15, 0.2) is 46.2 Å². The SMILES string of the molecule is C[C@H]1CC(=O)Nc2cc(S(=O)(=O)CCC(=O)Nc3ccc(Cl)cc3F)ccc2S1. The highest BCUT2D eigenvalue weighted by Crippen LogP contribution is 2.36. The molecule has 0 aliphatic carbocycles. The minimum absolute atomic E-state index is 0.0113. The zero-order valence-corrected chi connectivity index (χ0v) is 17.8. The van der Waals surface area contributed by atoms with Gasteiger partial charge < -0.3 is 10.6 Å². The van der Waals surface area contributed by atoms with E-state index in [4.69, 9.17) is 11.6 Å². The van der Waals surface area contributed by atoms with Crippen molar-refractivity contribution in [2.24, 2.45) is 0 Å². The van der Waals surface area contributed by atoms with E-state index in [0.717, 1.165) is 11.0 Å². The number of sulfone groups is 1. The van der Waals surface area contributed by atoms with Gasteiger partial charge in [0.1, 0.15) is 5.82 Å². The highest BCUT2D eigenvalue weighted by molar-refractivity contribution is 8.00. The Bertz CT molecular complexity index is 1080. The van der Waals surface area contributed by atoms with Gasteiger partial charge in [-0.25, -0.2) is 12.8 Å². The lowest BCUT2D eigenvalue weighted by Crippen LogP contribution is -2.18.